The molecule has 1 aliphatic rings. The number of carbonyl (C=O) groups excluding carboxylic acids is 1. The molecule has 1 fully saturated rings. The first-order valence-corrected chi connectivity index (χ1v) is 14.8. The van der Waals surface area contributed by atoms with Gasteiger partial charge in [-0.1, -0.05) is 0 Å². The van der Waals surface area contributed by atoms with Crippen LogP contribution >= 0.6 is 7.60 Å². The van der Waals surface area contributed by atoms with Gasteiger partial charge in [-0.15, -0.1) is 0 Å². The molecule has 3 atom stereocenters. The van der Waals surface area contributed by atoms with E-state index >= 15 is 0 Å². The summed E-state index contributed by atoms with van der Waals surface area (Å²) in [5, 5.41) is -1.39. The zero-order valence-electron chi connectivity index (χ0n) is 16.6. The van der Waals surface area contributed by atoms with E-state index in [1.807, 2.05) is 30.3 Å². The maximum atomic E-state index is 13.3. The molecule has 25 heavy (non-hydrogen) atoms. The predicted molar refractivity (Wildman–Crippen MR) is 103 cm³/mol. The Bertz CT molecular complexity index is 705. The third-order valence-corrected chi connectivity index (χ3v) is 15.4. The number of ether oxygens (including phenoxy) is 1. The van der Waals surface area contributed by atoms with Crippen LogP contribution < -0.4 is 4.46 Å². The molecule has 1 aliphatic carbocycles. The number of methoxy groups -OCH3 is 1. The quantitative estimate of drug-likeness (QED) is 0.346. The number of hydrogen-bond donors (Lipinski definition) is 0. The molecule has 8 heteroatoms. The number of benzene rings is 1. The van der Waals surface area contributed by atoms with Crippen LogP contribution in [0.25, 0.3) is 0 Å². The van der Waals surface area contributed by atoms with Crippen LogP contribution in [0.5, 0.6) is 0 Å². The number of esters is 1. The van der Waals surface area contributed by atoms with Crippen molar-refractivity contribution in [3.05, 3.63) is 30.3 Å². The van der Waals surface area contributed by atoms with E-state index in [2.05, 4.69) is 19.6 Å². The molecule has 0 amide bonds. The number of hydrogen-bond acceptors (Lipinski definition) is 5. The Morgan fingerprint density at radius 3 is 2.28 bits per heavy atom. The van der Waals surface area contributed by atoms with Crippen molar-refractivity contribution in [3.8, 4) is 0 Å². The molecule has 0 spiro atoms. The number of carbonyl (C=O) groups is 1. The van der Waals surface area contributed by atoms with Crippen molar-refractivity contribution in [1.82, 2.24) is 0 Å². The van der Waals surface area contributed by atoms with E-state index in [0.29, 0.717) is 6.42 Å². The van der Waals surface area contributed by atoms with E-state index in [4.69, 9.17) is 13.8 Å². The van der Waals surface area contributed by atoms with E-state index in [9.17, 15) is 10.7 Å². The van der Waals surface area contributed by atoms with Gasteiger partial charge in [0.15, 0.2) is 0 Å². The second-order valence-corrected chi connectivity index (χ2v) is 17.8. The summed E-state index contributed by atoms with van der Waals surface area (Å²) in [4.78, 5) is 12.7. The van der Waals surface area contributed by atoms with Gasteiger partial charge in [-0.05, 0) is 0 Å². The maximum absolute atomic E-state index is 13.3. The van der Waals surface area contributed by atoms with Gasteiger partial charge >= 0.3 is 159 Å². The molecule has 0 saturated heterocycles. The van der Waals surface area contributed by atoms with Gasteiger partial charge in [0, 0.05) is 0 Å². The van der Waals surface area contributed by atoms with Gasteiger partial charge in [0.1, 0.15) is 0 Å². The van der Waals surface area contributed by atoms with Crippen LogP contribution in [0.4, 0.5) is 0 Å². The summed E-state index contributed by atoms with van der Waals surface area (Å²) in [5.74, 6) is -1.02. The summed E-state index contributed by atoms with van der Waals surface area (Å²) in [6.45, 7) is 6.36. The normalized spacial score (nSPS) is 26.5. The predicted octanol–water partition coefficient (Wildman–Crippen LogP) is 3.10. The summed E-state index contributed by atoms with van der Waals surface area (Å²) < 4.78 is 38.3. The van der Waals surface area contributed by atoms with Crippen molar-refractivity contribution in [2.75, 3.05) is 21.3 Å². The van der Waals surface area contributed by atoms with Crippen molar-refractivity contribution in [1.29, 1.82) is 0 Å². The van der Waals surface area contributed by atoms with Gasteiger partial charge in [0.25, 0.3) is 0 Å². The molecule has 0 aliphatic heterocycles. The average Bonchev–Trinajstić information content (AvgIpc) is 3.38. The molecule has 0 bridgehead atoms. The summed E-state index contributed by atoms with van der Waals surface area (Å²) >= 11 is -0.217. The molecule has 0 aromatic heterocycles. The van der Waals surface area contributed by atoms with Crippen molar-refractivity contribution < 1.29 is 24.5 Å². The molecule has 1 aromatic rings. The Labute approximate surface area is 158 Å². The molecule has 0 unspecified atom stereocenters. The topological polar surface area (TPSA) is 61.8 Å². The van der Waals surface area contributed by atoms with Crippen LogP contribution in [0.2, 0.25) is 24.1 Å². The molecule has 0 radical (unpaired) electrons. The van der Waals surface area contributed by atoms with Crippen LogP contribution in [0.15, 0.2) is 30.3 Å². The summed E-state index contributed by atoms with van der Waals surface area (Å²) in [6.07, 6.45) is 0.293. The van der Waals surface area contributed by atoms with Crippen LogP contribution in [0.3, 0.4) is 0 Å². The summed E-state index contributed by atoms with van der Waals surface area (Å²) in [7, 11) is -1.98. The van der Waals surface area contributed by atoms with Gasteiger partial charge in [0.05, 0.1) is 0 Å². The van der Waals surface area contributed by atoms with Crippen molar-refractivity contribution in [3.63, 3.8) is 0 Å². The van der Waals surface area contributed by atoms with E-state index < -0.39 is 37.1 Å². The summed E-state index contributed by atoms with van der Waals surface area (Å²) in [5.41, 5.74) is 0. The Hall–Kier alpha value is -0.424. The molecule has 1 saturated carbocycles. The fourth-order valence-electron chi connectivity index (χ4n) is 3.14. The molecule has 1 aromatic carbocycles. The first-order valence-electron chi connectivity index (χ1n) is 8.56. The Morgan fingerprint density at radius 2 is 1.84 bits per heavy atom. The third-order valence-electron chi connectivity index (χ3n) is 4.47. The van der Waals surface area contributed by atoms with E-state index in [1.165, 1.54) is 21.3 Å². The van der Waals surface area contributed by atoms with Crippen molar-refractivity contribution in [2.45, 2.75) is 35.6 Å². The van der Waals surface area contributed by atoms with Crippen LogP contribution in [0, 0.1) is 5.92 Å². The van der Waals surface area contributed by atoms with E-state index in [0.717, 1.165) is 4.46 Å². The van der Waals surface area contributed by atoms with Gasteiger partial charge in [-0.3, -0.25) is 0 Å². The van der Waals surface area contributed by atoms with Crippen LogP contribution in [-0.2, 0) is 23.1 Å². The summed E-state index contributed by atoms with van der Waals surface area (Å²) in [6, 6.07) is 9.88. The van der Waals surface area contributed by atoms with Crippen LogP contribution in [-0.4, -0.2) is 55.5 Å². The fourth-order valence-corrected chi connectivity index (χ4v) is 11.8. The standard InChI is InChI=1S/C17H27O5PSeSi/c1-20-16(18)17(23(19,21-2)22-3)12-14(17)15(25(4,5)6)24-13-10-8-7-9-11-13/h7-11,14-15H,12H2,1-6H3/t14-,15+,17+/m1/s1/i15D. The zero-order chi connectivity index (χ0) is 19.8. The van der Waals surface area contributed by atoms with Gasteiger partial charge < -0.3 is 0 Å². The molecule has 140 valence electrons. The van der Waals surface area contributed by atoms with Crippen molar-refractivity contribution in [2.24, 2.45) is 5.92 Å². The fraction of sp³-hybridized carbons (Fsp3) is 0.588. The van der Waals surface area contributed by atoms with E-state index in [1.54, 1.807) is 0 Å². The van der Waals surface area contributed by atoms with Gasteiger partial charge in [-0.2, -0.15) is 0 Å². The first kappa shape index (κ1) is 19.3. The monoisotopic (exact) mass is 451 g/mol. The zero-order valence-corrected chi connectivity index (χ0v) is 19.2. The van der Waals surface area contributed by atoms with E-state index in [-0.39, 0.29) is 15.0 Å². The Balaban J connectivity index is 2.53. The molecule has 0 heterocycles. The second kappa shape index (κ2) is 7.67. The number of rotatable bonds is 8. The van der Waals surface area contributed by atoms with Crippen molar-refractivity contribution >= 4 is 41.1 Å². The van der Waals surface area contributed by atoms with Gasteiger partial charge in [-0.25, -0.2) is 0 Å². The molecule has 5 nitrogen and oxygen atoms in total. The molecule has 2 rings (SSSR count). The third kappa shape index (κ3) is 3.82. The van der Waals surface area contributed by atoms with Gasteiger partial charge in [0.2, 0.25) is 0 Å². The minimum atomic E-state index is -3.73. The Morgan fingerprint density at radius 1 is 1.28 bits per heavy atom. The average molecular weight is 450 g/mol. The Kier molecular flexibility index (Phi) is 5.94. The molecular formula is C17H27O5PSeSi. The van der Waals surface area contributed by atoms with Crippen LogP contribution in [0.1, 0.15) is 7.79 Å². The first-order chi connectivity index (χ1) is 12.0. The minimum absolute atomic E-state index is 0.217. The second-order valence-electron chi connectivity index (χ2n) is 7.06. The SMILES string of the molecule is [2H][C@@]([Se]c1ccccc1)([C@H]1C[C@]1(C(=O)OC)P(=O)(OC)OC)[Si](C)(C)C. The molecular weight excluding hydrogens is 422 g/mol. The molecule has 0 N–H and O–H groups in total.